The van der Waals surface area contributed by atoms with E-state index in [1.807, 2.05) is 50.2 Å². The van der Waals surface area contributed by atoms with Crippen molar-refractivity contribution in [3.05, 3.63) is 74.6 Å². The molecule has 1 aliphatic heterocycles. The molecule has 1 amide bonds. The van der Waals surface area contributed by atoms with Gasteiger partial charge in [0.05, 0.1) is 24.1 Å². The molecule has 0 bridgehead atoms. The number of hydrogen-bond donors (Lipinski definition) is 0. The van der Waals surface area contributed by atoms with Gasteiger partial charge in [0.25, 0.3) is 5.91 Å². The van der Waals surface area contributed by atoms with Gasteiger partial charge in [-0.15, -0.1) is 0 Å². The highest BCUT2D eigenvalue weighted by atomic mass is 16.5. The van der Waals surface area contributed by atoms with Crippen molar-refractivity contribution in [3.8, 4) is 5.75 Å². The van der Waals surface area contributed by atoms with Crippen molar-refractivity contribution < 1.29 is 13.9 Å². The van der Waals surface area contributed by atoms with Crippen molar-refractivity contribution in [2.75, 3.05) is 13.7 Å². The zero-order chi connectivity index (χ0) is 20.7. The first-order valence-electron chi connectivity index (χ1n) is 9.99. The summed E-state index contributed by atoms with van der Waals surface area (Å²) in [6.45, 7) is 6.52. The first-order chi connectivity index (χ1) is 14.0. The average molecular weight is 391 g/mol. The maximum absolute atomic E-state index is 13.6. The standard InChI is InChI=1S/C24H25NO4/c1-5-6-11-25-21(16-7-9-17(28-4)10-8-16)20-22(26)19-15(3)12-14(2)13-18(19)29-23(20)24(25)27/h7-10,12-13,21H,5-6,11H2,1-4H3. The van der Waals surface area contributed by atoms with E-state index in [1.54, 1.807) is 12.0 Å². The molecule has 0 saturated heterocycles. The van der Waals surface area contributed by atoms with Crippen LogP contribution in [-0.2, 0) is 0 Å². The SMILES string of the molecule is CCCCN1C(=O)c2oc3cc(C)cc(C)c3c(=O)c2C1c1ccc(OC)cc1. The minimum atomic E-state index is -0.448. The van der Waals surface area contributed by atoms with E-state index < -0.39 is 6.04 Å². The van der Waals surface area contributed by atoms with Gasteiger partial charge < -0.3 is 14.1 Å². The van der Waals surface area contributed by atoms with Gasteiger partial charge in [-0.25, -0.2) is 0 Å². The summed E-state index contributed by atoms with van der Waals surface area (Å²) in [6.07, 6.45) is 1.81. The summed E-state index contributed by atoms with van der Waals surface area (Å²) < 4.78 is 11.3. The van der Waals surface area contributed by atoms with E-state index in [1.165, 1.54) is 0 Å². The third-order valence-electron chi connectivity index (χ3n) is 5.60. The predicted octanol–water partition coefficient (Wildman–Crippen LogP) is 4.76. The summed E-state index contributed by atoms with van der Waals surface area (Å²) in [5, 5.41) is 0.554. The molecule has 150 valence electrons. The number of fused-ring (bicyclic) bond motifs is 2. The molecule has 3 aromatic rings. The summed E-state index contributed by atoms with van der Waals surface area (Å²) in [4.78, 5) is 28.6. The van der Waals surface area contributed by atoms with Crippen LogP contribution in [0.4, 0.5) is 0 Å². The van der Waals surface area contributed by atoms with Gasteiger partial charge in [0, 0.05) is 6.54 Å². The third kappa shape index (κ3) is 3.11. The Hall–Kier alpha value is -3.08. The molecule has 4 rings (SSSR count). The van der Waals surface area contributed by atoms with Gasteiger partial charge in [0.15, 0.2) is 5.43 Å². The molecule has 0 N–H and O–H groups in total. The number of hydrogen-bond acceptors (Lipinski definition) is 4. The quantitative estimate of drug-likeness (QED) is 0.629. The molecular formula is C24H25NO4. The Balaban J connectivity index is 1.97. The monoisotopic (exact) mass is 391 g/mol. The van der Waals surface area contributed by atoms with Gasteiger partial charge in [0.1, 0.15) is 11.3 Å². The van der Waals surface area contributed by atoms with Crippen LogP contribution in [-0.4, -0.2) is 24.5 Å². The highest BCUT2D eigenvalue weighted by molar-refractivity contribution is 5.99. The number of benzene rings is 2. The second-order valence-electron chi connectivity index (χ2n) is 7.66. The highest BCUT2D eigenvalue weighted by Gasteiger charge is 2.42. The molecule has 0 saturated carbocycles. The van der Waals surface area contributed by atoms with Gasteiger partial charge >= 0.3 is 0 Å². The average Bonchev–Trinajstić information content (AvgIpc) is 2.98. The summed E-state index contributed by atoms with van der Waals surface area (Å²) >= 11 is 0. The minimum Gasteiger partial charge on any atom is -0.497 e. The van der Waals surface area contributed by atoms with Crippen LogP contribution in [0, 0.1) is 13.8 Å². The van der Waals surface area contributed by atoms with Crippen LogP contribution in [0.1, 0.15) is 58.6 Å². The molecule has 0 spiro atoms. The van der Waals surface area contributed by atoms with Crippen LogP contribution in [0.3, 0.4) is 0 Å². The largest absolute Gasteiger partial charge is 0.497 e. The van der Waals surface area contributed by atoms with E-state index in [0.29, 0.717) is 23.1 Å². The van der Waals surface area contributed by atoms with Gasteiger partial charge in [0.2, 0.25) is 5.76 Å². The lowest BCUT2D eigenvalue weighted by molar-refractivity contribution is 0.0725. The Labute approximate surface area is 169 Å². The molecule has 5 heteroatoms. The second kappa shape index (κ2) is 7.39. The van der Waals surface area contributed by atoms with Crippen molar-refractivity contribution in [2.45, 2.75) is 39.7 Å². The Morgan fingerprint density at radius 1 is 1.10 bits per heavy atom. The molecule has 1 aliphatic rings. The minimum absolute atomic E-state index is 0.119. The molecule has 2 heterocycles. The second-order valence-corrected chi connectivity index (χ2v) is 7.66. The maximum atomic E-state index is 13.6. The summed E-state index contributed by atoms with van der Waals surface area (Å²) in [5.74, 6) is 0.687. The molecule has 0 radical (unpaired) electrons. The van der Waals surface area contributed by atoms with E-state index in [2.05, 4.69) is 6.92 Å². The molecule has 0 fully saturated rings. The lowest BCUT2D eigenvalue weighted by atomic mass is 9.96. The Morgan fingerprint density at radius 2 is 1.83 bits per heavy atom. The molecule has 29 heavy (non-hydrogen) atoms. The Kier molecular flexibility index (Phi) is 4.91. The smallest absolute Gasteiger partial charge is 0.290 e. The number of aryl methyl sites for hydroxylation is 2. The highest BCUT2D eigenvalue weighted by Crippen LogP contribution is 2.39. The van der Waals surface area contributed by atoms with E-state index >= 15 is 0 Å². The molecule has 0 aliphatic carbocycles. The molecule has 5 nitrogen and oxygen atoms in total. The van der Waals surface area contributed by atoms with E-state index in [0.717, 1.165) is 35.3 Å². The topological polar surface area (TPSA) is 59.8 Å². The van der Waals surface area contributed by atoms with Crippen LogP contribution < -0.4 is 10.2 Å². The number of rotatable bonds is 5. The molecule has 1 aromatic heterocycles. The van der Waals surface area contributed by atoms with Crippen molar-refractivity contribution in [1.29, 1.82) is 0 Å². The van der Waals surface area contributed by atoms with Gasteiger partial charge in [-0.1, -0.05) is 31.5 Å². The fraction of sp³-hybridized carbons (Fsp3) is 0.333. The van der Waals surface area contributed by atoms with Crippen LogP contribution in [0.5, 0.6) is 5.75 Å². The summed E-state index contributed by atoms with van der Waals surface area (Å²) in [6, 6.07) is 10.9. The number of amides is 1. The van der Waals surface area contributed by atoms with Gasteiger partial charge in [-0.2, -0.15) is 0 Å². The molecular weight excluding hydrogens is 366 g/mol. The van der Waals surface area contributed by atoms with Crippen molar-refractivity contribution in [3.63, 3.8) is 0 Å². The first kappa shape index (κ1) is 19.2. The number of methoxy groups -OCH3 is 1. The zero-order valence-electron chi connectivity index (χ0n) is 17.2. The first-order valence-corrected chi connectivity index (χ1v) is 9.99. The lowest BCUT2D eigenvalue weighted by Gasteiger charge is -2.25. The van der Waals surface area contributed by atoms with Crippen molar-refractivity contribution >= 4 is 16.9 Å². The number of carbonyl (C=O) groups excluding carboxylic acids is 1. The normalized spacial score (nSPS) is 15.8. The number of ether oxygens (including phenoxy) is 1. The molecule has 1 unspecified atom stereocenters. The van der Waals surface area contributed by atoms with Crippen LogP contribution in [0.25, 0.3) is 11.0 Å². The van der Waals surface area contributed by atoms with E-state index in [-0.39, 0.29) is 17.1 Å². The van der Waals surface area contributed by atoms with Crippen molar-refractivity contribution in [1.82, 2.24) is 4.90 Å². The molecule has 1 atom stereocenters. The Bertz CT molecular complexity index is 1140. The van der Waals surface area contributed by atoms with Crippen LogP contribution in [0.2, 0.25) is 0 Å². The van der Waals surface area contributed by atoms with Gasteiger partial charge in [-0.3, -0.25) is 9.59 Å². The lowest BCUT2D eigenvalue weighted by Crippen LogP contribution is -2.30. The Morgan fingerprint density at radius 3 is 2.48 bits per heavy atom. The fourth-order valence-electron chi connectivity index (χ4n) is 4.21. The van der Waals surface area contributed by atoms with Gasteiger partial charge in [-0.05, 0) is 55.2 Å². The predicted molar refractivity (Wildman–Crippen MR) is 113 cm³/mol. The van der Waals surface area contributed by atoms with Crippen molar-refractivity contribution in [2.24, 2.45) is 0 Å². The maximum Gasteiger partial charge on any atom is 0.290 e. The number of nitrogens with zero attached hydrogens (tertiary/aromatic N) is 1. The van der Waals surface area contributed by atoms with E-state index in [4.69, 9.17) is 9.15 Å². The van der Waals surface area contributed by atoms with Crippen LogP contribution >= 0.6 is 0 Å². The zero-order valence-corrected chi connectivity index (χ0v) is 17.2. The number of unbranched alkanes of at least 4 members (excludes halogenated alkanes) is 1. The van der Waals surface area contributed by atoms with E-state index in [9.17, 15) is 9.59 Å². The summed E-state index contributed by atoms with van der Waals surface area (Å²) in [7, 11) is 1.61. The summed E-state index contributed by atoms with van der Waals surface area (Å²) in [5.41, 5.74) is 3.54. The number of carbonyl (C=O) groups is 1. The third-order valence-corrected chi connectivity index (χ3v) is 5.60. The van der Waals surface area contributed by atoms with Crippen LogP contribution in [0.15, 0.2) is 45.6 Å². The fourth-order valence-corrected chi connectivity index (χ4v) is 4.21. The molecule has 2 aromatic carbocycles.